The van der Waals surface area contributed by atoms with Crippen molar-refractivity contribution >= 4 is 0 Å². The van der Waals surface area contributed by atoms with Gasteiger partial charge in [-0.2, -0.15) is 0 Å². The maximum absolute atomic E-state index is 14.7. The Bertz CT molecular complexity index is 755. The van der Waals surface area contributed by atoms with Crippen LogP contribution in [0.2, 0.25) is 0 Å². The Morgan fingerprint density at radius 2 is 1.41 bits per heavy atom. The molecular formula is C27H36F2. The number of hydrogen-bond acceptors (Lipinski definition) is 0. The fourth-order valence-corrected chi connectivity index (χ4v) is 4.78. The number of unbranched alkanes of at least 4 members (excludes halogenated alkanes) is 2. The van der Waals surface area contributed by atoms with Gasteiger partial charge in [0.05, 0.1) is 0 Å². The molecule has 158 valence electrons. The van der Waals surface area contributed by atoms with Crippen LogP contribution in [-0.4, -0.2) is 0 Å². The van der Waals surface area contributed by atoms with Crippen LogP contribution in [0.5, 0.6) is 0 Å². The number of halogens is 2. The first-order valence-electron chi connectivity index (χ1n) is 11.7. The van der Waals surface area contributed by atoms with E-state index in [2.05, 4.69) is 13.8 Å². The lowest BCUT2D eigenvalue weighted by molar-refractivity contribution is 0.248. The molecule has 1 aliphatic carbocycles. The average molecular weight is 399 g/mol. The summed E-state index contributed by atoms with van der Waals surface area (Å²) < 4.78 is 29.4. The molecule has 0 saturated heterocycles. The lowest BCUT2D eigenvalue weighted by Gasteiger charge is -2.28. The van der Waals surface area contributed by atoms with Gasteiger partial charge in [-0.15, -0.1) is 0 Å². The Hall–Kier alpha value is -1.70. The van der Waals surface area contributed by atoms with Crippen molar-refractivity contribution in [3.8, 4) is 11.1 Å². The van der Waals surface area contributed by atoms with Gasteiger partial charge in [-0.1, -0.05) is 102 Å². The molecule has 1 saturated carbocycles. The third-order valence-electron chi connectivity index (χ3n) is 6.84. The van der Waals surface area contributed by atoms with Crippen LogP contribution >= 0.6 is 0 Å². The minimum Gasteiger partial charge on any atom is -0.203 e. The molecule has 0 aliphatic heterocycles. The van der Waals surface area contributed by atoms with Gasteiger partial charge in [0.1, 0.15) is 0 Å². The van der Waals surface area contributed by atoms with Gasteiger partial charge >= 0.3 is 0 Å². The first-order valence-corrected chi connectivity index (χ1v) is 11.7. The van der Waals surface area contributed by atoms with Crippen molar-refractivity contribution in [2.75, 3.05) is 0 Å². The summed E-state index contributed by atoms with van der Waals surface area (Å²) in [7, 11) is 0. The predicted octanol–water partition coefficient (Wildman–Crippen LogP) is 8.51. The van der Waals surface area contributed by atoms with Crippen molar-refractivity contribution in [2.45, 2.75) is 84.5 Å². The summed E-state index contributed by atoms with van der Waals surface area (Å²) in [6.45, 7) is 4.34. The monoisotopic (exact) mass is 398 g/mol. The molecule has 1 fully saturated rings. The molecule has 3 rings (SSSR count). The summed E-state index contributed by atoms with van der Waals surface area (Å²) in [5, 5.41) is 0. The third kappa shape index (κ3) is 5.90. The van der Waals surface area contributed by atoms with E-state index in [4.69, 9.17) is 0 Å². The van der Waals surface area contributed by atoms with E-state index < -0.39 is 11.6 Å². The van der Waals surface area contributed by atoms with Crippen LogP contribution in [0.1, 0.15) is 82.8 Å². The van der Waals surface area contributed by atoms with E-state index in [-0.39, 0.29) is 0 Å². The van der Waals surface area contributed by atoms with Crippen LogP contribution in [-0.2, 0) is 12.8 Å². The van der Waals surface area contributed by atoms with Gasteiger partial charge in [-0.05, 0) is 47.8 Å². The Balaban J connectivity index is 1.55. The molecule has 2 heteroatoms. The fraction of sp³-hybridized carbons (Fsp3) is 0.556. The van der Waals surface area contributed by atoms with Gasteiger partial charge < -0.3 is 0 Å². The highest BCUT2D eigenvalue weighted by molar-refractivity contribution is 5.65. The topological polar surface area (TPSA) is 0 Å². The molecule has 0 bridgehead atoms. The SMILES string of the molecule is CCCCCC1CCC(CCc2ccc(-c3ccc(CC)cc3)c(F)c2F)CC1. The van der Waals surface area contributed by atoms with E-state index in [0.717, 1.165) is 24.3 Å². The van der Waals surface area contributed by atoms with Crippen molar-refractivity contribution in [1.29, 1.82) is 0 Å². The summed E-state index contributed by atoms with van der Waals surface area (Å²) in [5.74, 6) is 0.202. The molecule has 0 spiro atoms. The first-order chi connectivity index (χ1) is 14.1. The van der Waals surface area contributed by atoms with Gasteiger partial charge in [0.25, 0.3) is 0 Å². The summed E-state index contributed by atoms with van der Waals surface area (Å²) in [6, 6.07) is 11.3. The molecule has 0 N–H and O–H groups in total. The van der Waals surface area contributed by atoms with Crippen LogP contribution in [0.25, 0.3) is 11.1 Å². The van der Waals surface area contributed by atoms with Crippen molar-refractivity contribution in [2.24, 2.45) is 11.8 Å². The maximum Gasteiger partial charge on any atom is 0.166 e. The molecule has 29 heavy (non-hydrogen) atoms. The highest BCUT2D eigenvalue weighted by Gasteiger charge is 2.22. The van der Waals surface area contributed by atoms with Gasteiger partial charge in [0, 0.05) is 5.56 Å². The van der Waals surface area contributed by atoms with Gasteiger partial charge in [-0.25, -0.2) is 8.78 Å². The van der Waals surface area contributed by atoms with E-state index in [1.54, 1.807) is 12.1 Å². The maximum atomic E-state index is 14.7. The molecule has 0 aromatic heterocycles. The molecule has 0 unspecified atom stereocenters. The lowest BCUT2D eigenvalue weighted by Crippen LogP contribution is -2.15. The first kappa shape index (κ1) is 22.0. The largest absolute Gasteiger partial charge is 0.203 e. The van der Waals surface area contributed by atoms with E-state index in [1.807, 2.05) is 24.3 Å². The van der Waals surface area contributed by atoms with E-state index in [1.165, 1.54) is 56.9 Å². The van der Waals surface area contributed by atoms with Crippen molar-refractivity contribution in [3.63, 3.8) is 0 Å². The van der Waals surface area contributed by atoms with E-state index >= 15 is 0 Å². The summed E-state index contributed by atoms with van der Waals surface area (Å²) in [6.07, 6.45) is 13.1. The normalized spacial score (nSPS) is 19.4. The number of aryl methyl sites for hydroxylation is 2. The number of benzene rings is 2. The van der Waals surface area contributed by atoms with Crippen molar-refractivity contribution in [3.05, 3.63) is 59.2 Å². The van der Waals surface area contributed by atoms with Crippen LogP contribution in [0, 0.1) is 23.5 Å². The molecule has 0 atom stereocenters. The lowest BCUT2D eigenvalue weighted by atomic mass is 9.77. The molecule has 0 nitrogen and oxygen atoms in total. The number of hydrogen-bond donors (Lipinski definition) is 0. The zero-order chi connectivity index (χ0) is 20.6. The zero-order valence-corrected chi connectivity index (χ0v) is 18.2. The molecule has 2 aromatic carbocycles. The second kappa shape index (κ2) is 10.9. The Labute approximate surface area is 175 Å². The highest BCUT2D eigenvalue weighted by Crippen LogP contribution is 2.35. The summed E-state index contributed by atoms with van der Waals surface area (Å²) >= 11 is 0. The smallest absolute Gasteiger partial charge is 0.166 e. The Morgan fingerprint density at radius 1 is 0.759 bits per heavy atom. The summed E-state index contributed by atoms with van der Waals surface area (Å²) in [5.41, 5.74) is 2.83. The second-order valence-corrected chi connectivity index (χ2v) is 8.87. The zero-order valence-electron chi connectivity index (χ0n) is 18.2. The van der Waals surface area contributed by atoms with Crippen LogP contribution in [0.4, 0.5) is 8.78 Å². The average Bonchev–Trinajstić information content (AvgIpc) is 2.76. The molecule has 2 aromatic rings. The second-order valence-electron chi connectivity index (χ2n) is 8.87. The van der Waals surface area contributed by atoms with E-state index in [9.17, 15) is 8.78 Å². The quantitative estimate of drug-likeness (QED) is 0.371. The minimum absolute atomic E-state index is 0.362. The van der Waals surface area contributed by atoms with Gasteiger partial charge in [-0.3, -0.25) is 0 Å². The van der Waals surface area contributed by atoms with Crippen LogP contribution in [0.15, 0.2) is 36.4 Å². The van der Waals surface area contributed by atoms with Gasteiger partial charge in [0.2, 0.25) is 0 Å². The molecular weight excluding hydrogens is 362 g/mol. The van der Waals surface area contributed by atoms with E-state index in [0.29, 0.717) is 23.5 Å². The Kier molecular flexibility index (Phi) is 8.27. The predicted molar refractivity (Wildman–Crippen MR) is 119 cm³/mol. The Morgan fingerprint density at radius 3 is 2.03 bits per heavy atom. The third-order valence-corrected chi connectivity index (χ3v) is 6.84. The standard InChI is InChI=1S/C27H36F2/c1-3-5-6-7-21-8-10-22(11-9-21)14-17-24-18-19-25(27(29)26(24)28)23-15-12-20(4-2)13-16-23/h12-13,15-16,18-19,21-22H,3-11,14,17H2,1-2H3. The molecule has 1 aliphatic rings. The summed E-state index contributed by atoms with van der Waals surface area (Å²) in [4.78, 5) is 0. The fourth-order valence-electron chi connectivity index (χ4n) is 4.78. The van der Waals surface area contributed by atoms with Crippen LogP contribution < -0.4 is 0 Å². The van der Waals surface area contributed by atoms with Crippen LogP contribution in [0.3, 0.4) is 0 Å². The molecule has 0 radical (unpaired) electrons. The van der Waals surface area contributed by atoms with Crippen molar-refractivity contribution < 1.29 is 8.78 Å². The highest BCUT2D eigenvalue weighted by atomic mass is 19.2. The minimum atomic E-state index is -0.702. The number of rotatable bonds is 9. The molecule has 0 heterocycles. The molecule has 0 amide bonds. The van der Waals surface area contributed by atoms with Crippen molar-refractivity contribution in [1.82, 2.24) is 0 Å². The van der Waals surface area contributed by atoms with Gasteiger partial charge in [0.15, 0.2) is 11.6 Å².